The Balaban J connectivity index is 1.52. The summed E-state index contributed by atoms with van der Waals surface area (Å²) in [7, 11) is 1.61. The highest BCUT2D eigenvalue weighted by Gasteiger charge is 2.10. The molecule has 0 unspecified atom stereocenters. The normalized spacial score (nSPS) is 10.5. The molecule has 27 heavy (non-hydrogen) atoms. The van der Waals surface area contributed by atoms with Gasteiger partial charge in [-0.15, -0.1) is 10.2 Å². The molecule has 1 heterocycles. The first kappa shape index (κ1) is 19.4. The SMILES string of the molecule is COc1ccc(Nc2nnc(SCC(=O)Nc3ccc(F)cc3Cl)s2)cc1. The predicted octanol–water partition coefficient (Wildman–Crippen LogP) is 4.81. The van der Waals surface area contributed by atoms with Gasteiger partial charge in [-0.3, -0.25) is 4.79 Å². The molecule has 0 saturated carbocycles. The van der Waals surface area contributed by atoms with E-state index < -0.39 is 5.82 Å². The van der Waals surface area contributed by atoms with E-state index in [4.69, 9.17) is 16.3 Å². The summed E-state index contributed by atoms with van der Waals surface area (Å²) >= 11 is 8.48. The molecule has 0 aliphatic heterocycles. The Bertz CT molecular complexity index is 937. The van der Waals surface area contributed by atoms with Crippen molar-refractivity contribution in [3.63, 3.8) is 0 Å². The first-order chi connectivity index (χ1) is 13.0. The Labute approximate surface area is 168 Å². The molecule has 3 aromatic rings. The van der Waals surface area contributed by atoms with Gasteiger partial charge >= 0.3 is 0 Å². The third-order valence-corrected chi connectivity index (χ3v) is 5.56. The fourth-order valence-corrected chi connectivity index (χ4v) is 3.81. The van der Waals surface area contributed by atoms with Crippen molar-refractivity contribution in [3.05, 3.63) is 53.3 Å². The minimum absolute atomic E-state index is 0.130. The number of nitrogens with one attached hydrogen (secondary N) is 2. The summed E-state index contributed by atoms with van der Waals surface area (Å²) in [5, 5.41) is 14.6. The van der Waals surface area contributed by atoms with Crippen molar-refractivity contribution in [2.24, 2.45) is 0 Å². The lowest BCUT2D eigenvalue weighted by Gasteiger charge is -2.06. The smallest absolute Gasteiger partial charge is 0.234 e. The maximum Gasteiger partial charge on any atom is 0.234 e. The van der Waals surface area contributed by atoms with E-state index in [1.165, 1.54) is 35.2 Å². The maximum atomic E-state index is 13.0. The van der Waals surface area contributed by atoms with E-state index in [-0.39, 0.29) is 16.7 Å². The highest BCUT2D eigenvalue weighted by Crippen LogP contribution is 2.29. The number of rotatable bonds is 7. The van der Waals surface area contributed by atoms with Gasteiger partial charge in [0.15, 0.2) is 4.34 Å². The number of nitrogens with zero attached hydrogens (tertiary/aromatic N) is 2. The molecule has 0 fully saturated rings. The van der Waals surface area contributed by atoms with Crippen LogP contribution in [-0.4, -0.2) is 29.0 Å². The molecule has 2 N–H and O–H groups in total. The largest absolute Gasteiger partial charge is 0.497 e. The molecule has 6 nitrogen and oxygen atoms in total. The van der Waals surface area contributed by atoms with Crippen LogP contribution in [0.2, 0.25) is 5.02 Å². The van der Waals surface area contributed by atoms with E-state index in [1.54, 1.807) is 7.11 Å². The number of benzene rings is 2. The minimum Gasteiger partial charge on any atom is -0.497 e. The van der Waals surface area contributed by atoms with Crippen LogP contribution in [0.3, 0.4) is 0 Å². The molecule has 0 spiro atoms. The molecular formula is C17H14ClFN4O2S2. The lowest BCUT2D eigenvalue weighted by Crippen LogP contribution is -2.14. The van der Waals surface area contributed by atoms with Crippen LogP contribution in [0.25, 0.3) is 0 Å². The number of methoxy groups -OCH3 is 1. The molecule has 10 heteroatoms. The molecular weight excluding hydrogens is 411 g/mol. The Morgan fingerprint density at radius 3 is 2.74 bits per heavy atom. The number of halogens is 2. The predicted molar refractivity (Wildman–Crippen MR) is 107 cm³/mol. The molecule has 0 radical (unpaired) electrons. The lowest BCUT2D eigenvalue weighted by molar-refractivity contribution is -0.113. The van der Waals surface area contributed by atoms with E-state index in [0.29, 0.717) is 15.2 Å². The van der Waals surface area contributed by atoms with E-state index in [9.17, 15) is 9.18 Å². The molecule has 0 aliphatic rings. The Morgan fingerprint density at radius 2 is 2.04 bits per heavy atom. The first-order valence-corrected chi connectivity index (χ1v) is 9.84. The highest BCUT2D eigenvalue weighted by molar-refractivity contribution is 8.01. The minimum atomic E-state index is -0.460. The summed E-state index contributed by atoms with van der Waals surface area (Å²) in [6.45, 7) is 0. The number of hydrogen-bond acceptors (Lipinski definition) is 7. The van der Waals surface area contributed by atoms with Crippen molar-refractivity contribution in [2.75, 3.05) is 23.5 Å². The molecule has 0 saturated heterocycles. The van der Waals surface area contributed by atoms with E-state index in [0.717, 1.165) is 17.5 Å². The summed E-state index contributed by atoms with van der Waals surface area (Å²) < 4.78 is 18.8. The second-order valence-corrected chi connectivity index (χ2v) is 7.79. The maximum absolute atomic E-state index is 13.0. The number of anilines is 3. The van der Waals surface area contributed by atoms with Gasteiger partial charge in [0, 0.05) is 5.69 Å². The van der Waals surface area contributed by atoms with Crippen molar-refractivity contribution >= 4 is 57.1 Å². The molecule has 0 atom stereocenters. The Morgan fingerprint density at radius 1 is 1.26 bits per heavy atom. The zero-order valence-electron chi connectivity index (χ0n) is 14.0. The van der Waals surface area contributed by atoms with E-state index >= 15 is 0 Å². The monoisotopic (exact) mass is 424 g/mol. The molecule has 3 rings (SSSR count). The second kappa shape index (κ2) is 9.03. The third-order valence-electron chi connectivity index (χ3n) is 3.28. The van der Waals surface area contributed by atoms with Gasteiger partial charge in [0.1, 0.15) is 11.6 Å². The fourth-order valence-electron chi connectivity index (χ4n) is 2.02. The molecule has 140 valence electrons. The number of thioether (sulfide) groups is 1. The van der Waals surface area contributed by atoms with Crippen LogP contribution in [0.5, 0.6) is 5.75 Å². The number of carbonyl (C=O) groups is 1. The van der Waals surface area contributed by atoms with Crippen LogP contribution in [0.1, 0.15) is 0 Å². The summed E-state index contributed by atoms with van der Waals surface area (Å²) in [6.07, 6.45) is 0. The van der Waals surface area contributed by atoms with Gasteiger partial charge in [-0.2, -0.15) is 0 Å². The zero-order chi connectivity index (χ0) is 19.2. The number of amides is 1. The van der Waals surface area contributed by atoms with Crippen LogP contribution in [0, 0.1) is 5.82 Å². The molecule has 1 amide bonds. The van der Waals surface area contributed by atoms with Crippen LogP contribution in [0.15, 0.2) is 46.8 Å². The van der Waals surface area contributed by atoms with Gasteiger partial charge in [-0.25, -0.2) is 4.39 Å². The van der Waals surface area contributed by atoms with Crippen molar-refractivity contribution in [1.29, 1.82) is 0 Å². The Hall–Kier alpha value is -2.36. The number of ether oxygens (including phenoxy) is 1. The standard InChI is InChI=1S/C17H14ClFN4O2S2/c1-25-12-5-3-11(4-6-12)20-16-22-23-17(27-16)26-9-15(24)21-14-7-2-10(19)8-13(14)18/h2-8H,9H2,1H3,(H,20,22)(H,21,24). The lowest BCUT2D eigenvalue weighted by atomic mass is 10.3. The fraction of sp³-hybridized carbons (Fsp3) is 0.118. The van der Waals surface area contributed by atoms with Crippen LogP contribution in [0.4, 0.5) is 20.9 Å². The van der Waals surface area contributed by atoms with Crippen LogP contribution < -0.4 is 15.4 Å². The van der Waals surface area contributed by atoms with Crippen molar-refractivity contribution in [2.45, 2.75) is 4.34 Å². The molecule has 1 aromatic heterocycles. The van der Waals surface area contributed by atoms with E-state index in [2.05, 4.69) is 20.8 Å². The average molecular weight is 425 g/mol. The first-order valence-electron chi connectivity index (χ1n) is 7.66. The van der Waals surface area contributed by atoms with Crippen molar-refractivity contribution < 1.29 is 13.9 Å². The summed E-state index contributed by atoms with van der Waals surface area (Å²) in [5.74, 6) is 0.165. The molecule has 2 aromatic carbocycles. The van der Waals surface area contributed by atoms with Gasteiger partial charge < -0.3 is 15.4 Å². The molecule has 0 bridgehead atoms. The quantitative estimate of drug-likeness (QED) is 0.530. The van der Waals surface area contributed by atoms with Crippen molar-refractivity contribution in [1.82, 2.24) is 10.2 Å². The van der Waals surface area contributed by atoms with Gasteiger partial charge in [-0.05, 0) is 42.5 Å². The van der Waals surface area contributed by atoms with Gasteiger partial charge in [0.2, 0.25) is 11.0 Å². The number of aromatic nitrogens is 2. The van der Waals surface area contributed by atoms with Gasteiger partial charge in [0.05, 0.1) is 23.6 Å². The van der Waals surface area contributed by atoms with Crippen molar-refractivity contribution in [3.8, 4) is 5.75 Å². The average Bonchev–Trinajstić information content (AvgIpc) is 3.10. The Kier molecular flexibility index (Phi) is 6.49. The number of carbonyl (C=O) groups excluding carboxylic acids is 1. The highest BCUT2D eigenvalue weighted by atomic mass is 35.5. The summed E-state index contributed by atoms with van der Waals surface area (Å²) in [5.41, 5.74) is 1.22. The van der Waals surface area contributed by atoms with Crippen LogP contribution >= 0.6 is 34.7 Å². The second-order valence-electron chi connectivity index (χ2n) is 5.19. The zero-order valence-corrected chi connectivity index (χ0v) is 16.4. The van der Waals surface area contributed by atoms with Gasteiger partial charge in [-0.1, -0.05) is 34.7 Å². The topological polar surface area (TPSA) is 76.1 Å². The number of hydrogen-bond donors (Lipinski definition) is 2. The summed E-state index contributed by atoms with van der Waals surface area (Å²) in [6, 6.07) is 11.2. The molecule has 0 aliphatic carbocycles. The summed E-state index contributed by atoms with van der Waals surface area (Å²) in [4.78, 5) is 12.0. The van der Waals surface area contributed by atoms with Gasteiger partial charge in [0.25, 0.3) is 0 Å². The third kappa shape index (κ3) is 5.56. The van der Waals surface area contributed by atoms with E-state index in [1.807, 2.05) is 24.3 Å². The van der Waals surface area contributed by atoms with Crippen LogP contribution in [-0.2, 0) is 4.79 Å².